The van der Waals surface area contributed by atoms with E-state index in [1.54, 1.807) is 18.6 Å². The van der Waals surface area contributed by atoms with E-state index in [0.717, 1.165) is 48.9 Å². The van der Waals surface area contributed by atoms with Gasteiger partial charge in [-0.3, -0.25) is 14.7 Å². The van der Waals surface area contributed by atoms with Crippen LogP contribution in [-0.2, 0) is 4.79 Å². The SMILES string of the molecule is O=C(NCC(c1ccccc1Cl)N1CCCC1)C1CCCN(c2cnccn2)C1. The largest absolute Gasteiger partial charge is 0.355 e. The van der Waals surface area contributed by atoms with Crippen molar-refractivity contribution >= 4 is 23.3 Å². The molecule has 2 unspecified atom stereocenters. The molecule has 0 saturated carbocycles. The number of carbonyl (C=O) groups is 1. The molecule has 0 radical (unpaired) electrons. The number of anilines is 1. The average molecular weight is 414 g/mol. The summed E-state index contributed by atoms with van der Waals surface area (Å²) >= 11 is 6.49. The highest BCUT2D eigenvalue weighted by atomic mass is 35.5. The van der Waals surface area contributed by atoms with Gasteiger partial charge in [0.1, 0.15) is 5.82 Å². The summed E-state index contributed by atoms with van der Waals surface area (Å²) in [6.45, 7) is 4.29. The van der Waals surface area contributed by atoms with E-state index in [0.29, 0.717) is 13.1 Å². The third-order valence-corrected chi connectivity index (χ3v) is 6.33. The summed E-state index contributed by atoms with van der Waals surface area (Å²) in [5, 5.41) is 3.99. The Morgan fingerprint density at radius 3 is 2.76 bits per heavy atom. The van der Waals surface area contributed by atoms with E-state index in [9.17, 15) is 4.79 Å². The third-order valence-electron chi connectivity index (χ3n) is 5.98. The van der Waals surface area contributed by atoms with Gasteiger partial charge in [0.25, 0.3) is 0 Å². The number of piperidine rings is 1. The van der Waals surface area contributed by atoms with Crippen LogP contribution in [-0.4, -0.2) is 53.5 Å². The van der Waals surface area contributed by atoms with Gasteiger partial charge >= 0.3 is 0 Å². The summed E-state index contributed by atoms with van der Waals surface area (Å²) in [6.07, 6.45) is 9.42. The second-order valence-electron chi connectivity index (χ2n) is 7.87. The molecule has 3 heterocycles. The van der Waals surface area contributed by atoms with Crippen molar-refractivity contribution in [1.29, 1.82) is 0 Å². The minimum Gasteiger partial charge on any atom is -0.355 e. The lowest BCUT2D eigenvalue weighted by Crippen LogP contribution is -2.45. The Kier molecular flexibility index (Phi) is 6.62. The molecule has 6 nitrogen and oxygen atoms in total. The number of nitrogens with zero attached hydrogens (tertiary/aromatic N) is 4. The van der Waals surface area contributed by atoms with Crippen molar-refractivity contribution in [2.75, 3.05) is 37.6 Å². The van der Waals surface area contributed by atoms with Crippen molar-refractivity contribution in [3.8, 4) is 0 Å². The molecule has 0 spiro atoms. The fraction of sp³-hybridized carbons (Fsp3) is 0.500. The third kappa shape index (κ3) is 4.87. The van der Waals surface area contributed by atoms with Crippen LogP contribution in [0.4, 0.5) is 5.82 Å². The Hall–Kier alpha value is -2.18. The highest BCUT2D eigenvalue weighted by Crippen LogP contribution is 2.30. The smallest absolute Gasteiger partial charge is 0.224 e. The molecule has 2 aromatic rings. The summed E-state index contributed by atoms with van der Waals surface area (Å²) in [5.41, 5.74) is 1.10. The maximum absolute atomic E-state index is 13.0. The summed E-state index contributed by atoms with van der Waals surface area (Å²) in [7, 11) is 0. The Labute approximate surface area is 177 Å². The van der Waals surface area contributed by atoms with Crippen LogP contribution in [0.15, 0.2) is 42.9 Å². The van der Waals surface area contributed by atoms with Gasteiger partial charge in [-0.25, -0.2) is 4.98 Å². The van der Waals surface area contributed by atoms with Crippen LogP contribution in [0.5, 0.6) is 0 Å². The van der Waals surface area contributed by atoms with E-state index in [1.807, 2.05) is 18.2 Å². The first-order chi connectivity index (χ1) is 14.2. The van der Waals surface area contributed by atoms with E-state index >= 15 is 0 Å². The van der Waals surface area contributed by atoms with Gasteiger partial charge in [-0.1, -0.05) is 29.8 Å². The van der Waals surface area contributed by atoms with Gasteiger partial charge in [-0.05, 0) is 50.4 Å². The molecule has 2 fully saturated rings. The van der Waals surface area contributed by atoms with Crippen LogP contribution >= 0.6 is 11.6 Å². The zero-order chi connectivity index (χ0) is 20.1. The van der Waals surface area contributed by atoms with Gasteiger partial charge < -0.3 is 10.2 Å². The Balaban J connectivity index is 1.40. The van der Waals surface area contributed by atoms with Crippen molar-refractivity contribution in [1.82, 2.24) is 20.2 Å². The molecule has 7 heteroatoms. The molecular weight excluding hydrogens is 386 g/mol. The molecule has 1 aromatic heterocycles. The first-order valence-corrected chi connectivity index (χ1v) is 10.9. The van der Waals surface area contributed by atoms with Crippen molar-refractivity contribution in [3.63, 3.8) is 0 Å². The van der Waals surface area contributed by atoms with E-state index < -0.39 is 0 Å². The average Bonchev–Trinajstić information content (AvgIpc) is 3.30. The van der Waals surface area contributed by atoms with E-state index in [-0.39, 0.29) is 17.9 Å². The second kappa shape index (κ2) is 9.55. The van der Waals surface area contributed by atoms with Gasteiger partial charge in [0.15, 0.2) is 0 Å². The summed E-state index contributed by atoms with van der Waals surface area (Å²) in [5.74, 6) is 0.932. The number of hydrogen-bond acceptors (Lipinski definition) is 5. The monoisotopic (exact) mass is 413 g/mol. The van der Waals surface area contributed by atoms with Crippen LogP contribution in [0.2, 0.25) is 5.02 Å². The van der Waals surface area contributed by atoms with Gasteiger partial charge in [0, 0.05) is 37.1 Å². The number of aromatic nitrogens is 2. The standard InChI is InChI=1S/C22H28ClN5O/c23-19-8-2-1-7-18(19)20(27-11-3-4-12-27)14-26-22(29)17-6-5-13-28(16-17)21-15-24-9-10-25-21/h1-2,7-10,15,17,20H,3-6,11-14,16H2,(H,26,29). The summed E-state index contributed by atoms with van der Waals surface area (Å²) in [4.78, 5) is 26.1. The normalized spacial score (nSPS) is 21.1. The van der Waals surface area contributed by atoms with Crippen LogP contribution in [0.1, 0.15) is 37.3 Å². The van der Waals surface area contributed by atoms with Crippen molar-refractivity contribution in [2.45, 2.75) is 31.7 Å². The highest BCUT2D eigenvalue weighted by Gasteiger charge is 2.29. The molecule has 0 aliphatic carbocycles. The maximum Gasteiger partial charge on any atom is 0.224 e. The van der Waals surface area contributed by atoms with Crippen LogP contribution in [0, 0.1) is 5.92 Å². The number of benzene rings is 1. The van der Waals surface area contributed by atoms with Gasteiger partial charge in [-0.2, -0.15) is 0 Å². The molecule has 4 rings (SSSR count). The molecule has 0 bridgehead atoms. The molecule has 2 atom stereocenters. The minimum atomic E-state index is -0.0313. The summed E-state index contributed by atoms with van der Waals surface area (Å²) < 4.78 is 0. The highest BCUT2D eigenvalue weighted by molar-refractivity contribution is 6.31. The number of carbonyl (C=O) groups excluding carboxylic acids is 1. The van der Waals surface area contributed by atoms with Gasteiger partial charge in [0.2, 0.25) is 5.91 Å². The van der Waals surface area contributed by atoms with Crippen LogP contribution in [0.25, 0.3) is 0 Å². The van der Waals surface area contributed by atoms with Crippen molar-refractivity contribution < 1.29 is 4.79 Å². The topological polar surface area (TPSA) is 61.4 Å². The molecule has 2 aliphatic rings. The molecular formula is C22H28ClN5O. The van der Waals surface area contributed by atoms with E-state index in [1.165, 1.54) is 12.8 Å². The number of hydrogen-bond donors (Lipinski definition) is 1. The molecule has 154 valence electrons. The summed E-state index contributed by atoms with van der Waals surface area (Å²) in [6, 6.07) is 8.10. The van der Waals surface area contributed by atoms with E-state index in [4.69, 9.17) is 11.6 Å². The second-order valence-corrected chi connectivity index (χ2v) is 8.28. The Morgan fingerprint density at radius 1 is 1.17 bits per heavy atom. The van der Waals surface area contributed by atoms with Gasteiger partial charge in [0.05, 0.1) is 18.2 Å². The van der Waals surface area contributed by atoms with Crippen molar-refractivity contribution in [2.24, 2.45) is 5.92 Å². The lowest BCUT2D eigenvalue weighted by Gasteiger charge is -2.33. The molecule has 1 aromatic carbocycles. The molecule has 2 aliphatic heterocycles. The van der Waals surface area contributed by atoms with Crippen molar-refractivity contribution in [3.05, 3.63) is 53.4 Å². The van der Waals surface area contributed by atoms with E-state index in [2.05, 4.69) is 31.2 Å². The number of nitrogens with one attached hydrogen (secondary N) is 1. The fourth-order valence-electron chi connectivity index (χ4n) is 4.43. The first kappa shape index (κ1) is 20.1. The predicted molar refractivity (Wildman–Crippen MR) is 115 cm³/mol. The molecule has 1 N–H and O–H groups in total. The quantitative estimate of drug-likeness (QED) is 0.787. The van der Waals surface area contributed by atoms with Gasteiger partial charge in [-0.15, -0.1) is 0 Å². The zero-order valence-corrected chi connectivity index (χ0v) is 17.4. The van der Waals surface area contributed by atoms with Crippen LogP contribution < -0.4 is 10.2 Å². The Morgan fingerprint density at radius 2 is 2.00 bits per heavy atom. The number of amides is 1. The zero-order valence-electron chi connectivity index (χ0n) is 16.6. The fourth-order valence-corrected chi connectivity index (χ4v) is 4.69. The molecule has 2 saturated heterocycles. The van der Waals surface area contributed by atoms with Crippen LogP contribution in [0.3, 0.4) is 0 Å². The minimum absolute atomic E-state index is 0.0313. The first-order valence-electron chi connectivity index (χ1n) is 10.5. The maximum atomic E-state index is 13.0. The predicted octanol–water partition coefficient (Wildman–Crippen LogP) is 3.30. The Bertz CT molecular complexity index is 812. The lowest BCUT2D eigenvalue weighted by molar-refractivity contribution is -0.125. The molecule has 1 amide bonds. The number of halogens is 1. The molecule has 29 heavy (non-hydrogen) atoms. The number of rotatable bonds is 6. The number of likely N-dealkylation sites (tertiary alicyclic amines) is 1. The lowest BCUT2D eigenvalue weighted by atomic mass is 9.96.